The topological polar surface area (TPSA) is 75.6 Å². The number of rotatable bonds is 7. The number of carbonyl (C=O) groups excluding carboxylic acids is 1. The number of carbonyl (C=O) groups is 2. The number of benzene rings is 1. The highest BCUT2D eigenvalue weighted by molar-refractivity contribution is 5.91. The molecule has 5 nitrogen and oxygen atoms in total. The molecule has 1 rings (SSSR count). The number of carboxylic acids is 1. The minimum atomic E-state index is -0.936. The maximum absolute atomic E-state index is 11.4. The maximum atomic E-state index is 11.4. The number of amides is 1. The van der Waals surface area contributed by atoms with Crippen LogP contribution in [0.2, 0.25) is 0 Å². The van der Waals surface area contributed by atoms with Gasteiger partial charge in [-0.05, 0) is 30.7 Å². The number of nitrogens with one attached hydrogen (secondary N) is 1. The molecule has 5 heteroatoms. The van der Waals surface area contributed by atoms with Crippen LogP contribution in [0.25, 0.3) is 6.08 Å². The zero-order chi connectivity index (χ0) is 14.1. The Labute approximate surface area is 111 Å². The first-order valence-electron chi connectivity index (χ1n) is 6.02. The van der Waals surface area contributed by atoms with Crippen LogP contribution < -0.4 is 10.1 Å². The summed E-state index contributed by atoms with van der Waals surface area (Å²) in [6, 6.07) is 7.36. The van der Waals surface area contributed by atoms with Crippen LogP contribution >= 0.6 is 0 Å². The van der Waals surface area contributed by atoms with Gasteiger partial charge < -0.3 is 15.2 Å². The van der Waals surface area contributed by atoms with Crippen molar-refractivity contribution in [3.63, 3.8) is 0 Å². The fraction of sp³-hybridized carbons (Fsp3) is 0.286. The van der Waals surface area contributed by atoms with E-state index in [0.717, 1.165) is 11.3 Å². The van der Waals surface area contributed by atoms with Crippen molar-refractivity contribution in [2.45, 2.75) is 13.3 Å². The molecule has 0 heterocycles. The van der Waals surface area contributed by atoms with E-state index in [1.807, 2.05) is 31.2 Å². The summed E-state index contributed by atoms with van der Waals surface area (Å²) >= 11 is 0. The quantitative estimate of drug-likeness (QED) is 0.734. The molecule has 0 unspecified atom stereocenters. The summed E-state index contributed by atoms with van der Waals surface area (Å²) in [5, 5.41) is 10.9. The van der Waals surface area contributed by atoms with Gasteiger partial charge in [-0.25, -0.2) is 0 Å². The standard InChI is InChI=1S/C14H17NO4/c1-2-19-12-5-3-4-11(10-12)6-7-13(16)15-9-8-14(17)18/h3-7,10H,2,8-9H2,1H3,(H,15,16)(H,17,18)/b7-6+. The molecule has 0 atom stereocenters. The number of hydrogen-bond acceptors (Lipinski definition) is 3. The van der Waals surface area contributed by atoms with Gasteiger partial charge in [-0.2, -0.15) is 0 Å². The molecule has 1 amide bonds. The predicted molar refractivity (Wildman–Crippen MR) is 71.9 cm³/mol. The molecule has 0 saturated heterocycles. The van der Waals surface area contributed by atoms with Crippen molar-refractivity contribution in [3.8, 4) is 5.75 Å². The SMILES string of the molecule is CCOc1cccc(/C=C/C(=O)NCCC(=O)O)c1. The van der Waals surface area contributed by atoms with Crippen LogP contribution in [0.3, 0.4) is 0 Å². The minimum Gasteiger partial charge on any atom is -0.494 e. The molecule has 0 aliphatic rings. The Bertz CT molecular complexity index is 468. The maximum Gasteiger partial charge on any atom is 0.305 e. The largest absolute Gasteiger partial charge is 0.494 e. The van der Waals surface area contributed by atoms with Crippen molar-refractivity contribution in [2.24, 2.45) is 0 Å². The van der Waals surface area contributed by atoms with Crippen LogP contribution in [-0.4, -0.2) is 30.1 Å². The molecule has 1 aromatic rings. The van der Waals surface area contributed by atoms with E-state index in [1.165, 1.54) is 6.08 Å². The van der Waals surface area contributed by atoms with Crippen LogP contribution in [0, 0.1) is 0 Å². The van der Waals surface area contributed by atoms with E-state index in [2.05, 4.69) is 5.32 Å². The summed E-state index contributed by atoms with van der Waals surface area (Å²) in [7, 11) is 0. The molecule has 0 spiro atoms. The van der Waals surface area contributed by atoms with Gasteiger partial charge in [-0.3, -0.25) is 9.59 Å². The highest BCUT2D eigenvalue weighted by Gasteiger charge is 1.99. The fourth-order valence-corrected chi connectivity index (χ4v) is 1.40. The van der Waals surface area contributed by atoms with E-state index >= 15 is 0 Å². The third-order valence-corrected chi connectivity index (χ3v) is 2.23. The lowest BCUT2D eigenvalue weighted by molar-refractivity contribution is -0.136. The molecule has 102 valence electrons. The average molecular weight is 263 g/mol. The molecule has 0 aliphatic heterocycles. The first-order chi connectivity index (χ1) is 9.11. The third-order valence-electron chi connectivity index (χ3n) is 2.23. The number of carboxylic acid groups (broad SMARTS) is 1. The molecule has 2 N–H and O–H groups in total. The van der Waals surface area contributed by atoms with Gasteiger partial charge in [-0.1, -0.05) is 12.1 Å². The first kappa shape index (κ1) is 14.8. The minimum absolute atomic E-state index is 0.0839. The van der Waals surface area contributed by atoms with Gasteiger partial charge in [0.2, 0.25) is 5.91 Å². The van der Waals surface area contributed by atoms with E-state index in [4.69, 9.17) is 9.84 Å². The Kier molecular flexibility index (Phi) is 6.15. The van der Waals surface area contributed by atoms with E-state index in [1.54, 1.807) is 6.08 Å². The van der Waals surface area contributed by atoms with Crippen LogP contribution in [-0.2, 0) is 9.59 Å². The normalized spacial score (nSPS) is 10.4. The zero-order valence-corrected chi connectivity index (χ0v) is 10.8. The third kappa shape index (κ3) is 6.26. The van der Waals surface area contributed by atoms with Gasteiger partial charge in [-0.15, -0.1) is 0 Å². The molecule has 1 aromatic carbocycles. The molecule has 0 aliphatic carbocycles. The van der Waals surface area contributed by atoms with E-state index in [0.29, 0.717) is 6.61 Å². The van der Waals surface area contributed by atoms with Crippen molar-refractivity contribution in [1.29, 1.82) is 0 Å². The second-order valence-electron chi connectivity index (χ2n) is 3.77. The Morgan fingerprint density at radius 3 is 2.89 bits per heavy atom. The van der Waals surface area contributed by atoms with Crippen molar-refractivity contribution in [3.05, 3.63) is 35.9 Å². The summed E-state index contributed by atoms with van der Waals surface area (Å²) in [5.74, 6) is -0.507. The zero-order valence-electron chi connectivity index (χ0n) is 10.8. The summed E-state index contributed by atoms with van der Waals surface area (Å²) in [6.07, 6.45) is 2.94. The van der Waals surface area contributed by atoms with Gasteiger partial charge in [0.05, 0.1) is 13.0 Å². The molecular weight excluding hydrogens is 246 g/mol. The van der Waals surface area contributed by atoms with Crippen molar-refractivity contribution in [1.82, 2.24) is 5.32 Å². The Morgan fingerprint density at radius 2 is 2.21 bits per heavy atom. The van der Waals surface area contributed by atoms with Crippen LogP contribution in [0.1, 0.15) is 18.9 Å². The average Bonchev–Trinajstić information content (AvgIpc) is 2.37. The lowest BCUT2D eigenvalue weighted by Crippen LogP contribution is -2.23. The Morgan fingerprint density at radius 1 is 1.42 bits per heavy atom. The van der Waals surface area contributed by atoms with Gasteiger partial charge in [0.25, 0.3) is 0 Å². The molecular formula is C14H17NO4. The number of hydrogen-bond donors (Lipinski definition) is 2. The van der Waals surface area contributed by atoms with Gasteiger partial charge in [0, 0.05) is 12.6 Å². The summed E-state index contributed by atoms with van der Waals surface area (Å²) in [4.78, 5) is 21.7. The van der Waals surface area contributed by atoms with Gasteiger partial charge >= 0.3 is 5.97 Å². The predicted octanol–water partition coefficient (Wildman–Crippen LogP) is 1.69. The molecule has 0 radical (unpaired) electrons. The molecule has 0 fully saturated rings. The molecule has 0 aromatic heterocycles. The van der Waals surface area contributed by atoms with Crippen molar-refractivity contribution < 1.29 is 19.4 Å². The summed E-state index contributed by atoms with van der Waals surface area (Å²) < 4.78 is 5.34. The van der Waals surface area contributed by atoms with Gasteiger partial charge in [0.15, 0.2) is 0 Å². The number of aliphatic carboxylic acids is 1. The lowest BCUT2D eigenvalue weighted by atomic mass is 10.2. The van der Waals surface area contributed by atoms with Crippen LogP contribution in [0.4, 0.5) is 0 Å². The first-order valence-corrected chi connectivity index (χ1v) is 6.02. The highest BCUT2D eigenvalue weighted by atomic mass is 16.5. The van der Waals surface area contributed by atoms with E-state index < -0.39 is 5.97 Å². The smallest absolute Gasteiger partial charge is 0.305 e. The fourth-order valence-electron chi connectivity index (χ4n) is 1.40. The molecule has 0 saturated carbocycles. The van der Waals surface area contributed by atoms with Crippen molar-refractivity contribution >= 4 is 18.0 Å². The Balaban J connectivity index is 2.48. The van der Waals surface area contributed by atoms with Crippen molar-refractivity contribution in [2.75, 3.05) is 13.2 Å². The second-order valence-corrected chi connectivity index (χ2v) is 3.77. The lowest BCUT2D eigenvalue weighted by Gasteiger charge is -2.03. The molecule has 19 heavy (non-hydrogen) atoms. The van der Waals surface area contributed by atoms with Crippen LogP contribution in [0.5, 0.6) is 5.75 Å². The summed E-state index contributed by atoms with van der Waals surface area (Å²) in [5.41, 5.74) is 0.847. The van der Waals surface area contributed by atoms with E-state index in [9.17, 15) is 9.59 Å². The van der Waals surface area contributed by atoms with Gasteiger partial charge in [0.1, 0.15) is 5.75 Å². The monoisotopic (exact) mass is 263 g/mol. The molecule has 0 bridgehead atoms. The highest BCUT2D eigenvalue weighted by Crippen LogP contribution is 2.14. The second kappa shape index (κ2) is 7.92. The van der Waals surface area contributed by atoms with E-state index in [-0.39, 0.29) is 18.9 Å². The van der Waals surface area contributed by atoms with Crippen LogP contribution in [0.15, 0.2) is 30.3 Å². The number of ether oxygens (including phenoxy) is 1. The Hall–Kier alpha value is -2.30. The summed E-state index contributed by atoms with van der Waals surface area (Å²) in [6.45, 7) is 2.61.